The number of para-hydroxylation sites is 2. The molecule has 320 valence electrons. The van der Waals surface area contributed by atoms with Crippen molar-refractivity contribution in [3.8, 4) is 73.2 Å². The second-order valence-electron chi connectivity index (χ2n) is 17.6. The van der Waals surface area contributed by atoms with E-state index in [0.717, 1.165) is 50.1 Å². The van der Waals surface area contributed by atoms with Gasteiger partial charge in [0.2, 0.25) is 5.95 Å². The summed E-state index contributed by atoms with van der Waals surface area (Å²) in [5.74, 6) is 1.91. The molecule has 0 radical (unpaired) electrons. The number of fused-ring (bicyclic) bond motifs is 7. The van der Waals surface area contributed by atoms with Crippen LogP contribution in [0.25, 0.3) is 90.2 Å². The summed E-state index contributed by atoms with van der Waals surface area (Å²) in [7, 11) is 0. The van der Waals surface area contributed by atoms with Crippen molar-refractivity contribution in [1.29, 1.82) is 0 Å². The van der Waals surface area contributed by atoms with Crippen molar-refractivity contribution in [3.05, 3.63) is 259 Å². The molecule has 0 spiro atoms. The lowest BCUT2D eigenvalue weighted by molar-refractivity contribution is 0.630. The lowest BCUT2D eigenvalue weighted by atomic mass is 9.86. The zero-order valence-electron chi connectivity index (χ0n) is 37.1. The Labute approximate surface area is 395 Å². The Kier molecular flexibility index (Phi) is 9.57. The molecule has 0 bridgehead atoms. The predicted octanol–water partition coefficient (Wildman–Crippen LogP) is 15.8. The van der Waals surface area contributed by atoms with Gasteiger partial charge < -0.3 is 4.90 Å². The van der Waals surface area contributed by atoms with Gasteiger partial charge in [-0.15, -0.1) is 0 Å². The summed E-state index contributed by atoms with van der Waals surface area (Å²) in [6.07, 6.45) is 4.72. The molecule has 0 amide bonds. The van der Waals surface area contributed by atoms with E-state index in [1.807, 2.05) is 18.2 Å². The van der Waals surface area contributed by atoms with E-state index in [-0.39, 0.29) is 12.0 Å². The van der Waals surface area contributed by atoms with Crippen molar-refractivity contribution >= 4 is 28.4 Å². The van der Waals surface area contributed by atoms with Crippen LogP contribution in [0.4, 0.5) is 11.4 Å². The van der Waals surface area contributed by atoms with E-state index >= 15 is 0 Å². The maximum Gasteiger partial charge on any atom is 0.238 e. The Bertz CT molecular complexity index is 3690. The molecule has 5 heteroatoms. The van der Waals surface area contributed by atoms with Crippen LogP contribution in [0.5, 0.6) is 0 Å². The van der Waals surface area contributed by atoms with Crippen LogP contribution in [0.2, 0.25) is 0 Å². The van der Waals surface area contributed by atoms with E-state index < -0.39 is 0 Å². The van der Waals surface area contributed by atoms with Gasteiger partial charge in [0.1, 0.15) is 0 Å². The van der Waals surface area contributed by atoms with Gasteiger partial charge >= 0.3 is 0 Å². The molecule has 5 nitrogen and oxygen atoms in total. The second kappa shape index (κ2) is 16.5. The van der Waals surface area contributed by atoms with E-state index in [2.05, 4.69) is 240 Å². The molecule has 68 heavy (non-hydrogen) atoms. The predicted molar refractivity (Wildman–Crippen MR) is 279 cm³/mol. The highest BCUT2D eigenvalue weighted by atomic mass is 15.3. The average molecular weight is 870 g/mol. The van der Waals surface area contributed by atoms with Crippen molar-refractivity contribution < 1.29 is 0 Å². The van der Waals surface area contributed by atoms with Crippen LogP contribution in [-0.2, 0) is 0 Å². The first-order chi connectivity index (χ1) is 33.7. The quantitative estimate of drug-likeness (QED) is 0.153. The number of hydrogen-bond acceptors (Lipinski definition) is 4. The van der Waals surface area contributed by atoms with E-state index in [4.69, 9.17) is 15.0 Å². The van der Waals surface area contributed by atoms with Gasteiger partial charge in [-0.3, -0.25) is 4.57 Å². The highest BCUT2D eigenvalue weighted by molar-refractivity contribution is 5.95. The first-order valence-corrected chi connectivity index (χ1v) is 23.3. The minimum absolute atomic E-state index is 0.0771. The third-order valence-electron chi connectivity index (χ3n) is 13.6. The molecule has 2 unspecified atom stereocenters. The largest absolute Gasteiger partial charge is 0.331 e. The van der Waals surface area contributed by atoms with Crippen molar-refractivity contribution in [2.24, 2.45) is 0 Å². The molecular weight excluding hydrogens is 827 g/mol. The lowest BCUT2D eigenvalue weighted by Gasteiger charge is -2.33. The fourth-order valence-corrected chi connectivity index (χ4v) is 10.4. The molecule has 0 fully saturated rings. The maximum atomic E-state index is 5.47. The van der Waals surface area contributed by atoms with Gasteiger partial charge in [0.05, 0.1) is 17.3 Å². The molecular formula is C63H43N5. The number of rotatable bonds is 8. The molecule has 13 rings (SSSR count). The van der Waals surface area contributed by atoms with E-state index in [0.29, 0.717) is 17.6 Å². The average Bonchev–Trinajstić information content (AvgIpc) is 3.95. The maximum absolute atomic E-state index is 5.47. The Balaban J connectivity index is 0.956. The highest BCUT2D eigenvalue weighted by Crippen LogP contribution is 2.57. The molecule has 2 atom stereocenters. The molecule has 9 aromatic carbocycles. The first kappa shape index (κ1) is 39.4. The van der Waals surface area contributed by atoms with Crippen molar-refractivity contribution in [1.82, 2.24) is 19.5 Å². The summed E-state index contributed by atoms with van der Waals surface area (Å²) in [4.78, 5) is 18.6. The zero-order chi connectivity index (χ0) is 45.0. The highest BCUT2D eigenvalue weighted by Gasteiger charge is 2.44. The number of hydrogen-bond donors (Lipinski definition) is 0. The monoisotopic (exact) mass is 869 g/mol. The fraction of sp³-hybridized carbons (Fsp3) is 0.0317. The van der Waals surface area contributed by atoms with Crippen LogP contribution in [0.15, 0.2) is 243 Å². The standard InChI is InChI=1S/C63H43N5/c1-4-17-42(18-5-1)44-33-35-52(36-34-44)67-57-31-12-10-29-53(57)55-37-38-56-54-30-11-13-32-58(54)68(60(56)59(55)67)63-65-61(45-21-8-3-9-22-45)64-62(66-63)51-28-16-27-50(41-51)49-26-15-25-48(40-49)47-24-14-23-46(39-47)43-19-6-2-7-20-43/h1-41,55,59H. The van der Waals surface area contributed by atoms with Gasteiger partial charge in [-0.05, 0) is 92.5 Å². The fourth-order valence-electron chi connectivity index (χ4n) is 10.4. The van der Waals surface area contributed by atoms with Crippen LogP contribution < -0.4 is 4.90 Å². The van der Waals surface area contributed by atoms with E-state index in [1.54, 1.807) is 0 Å². The summed E-state index contributed by atoms with van der Waals surface area (Å²) in [5.41, 5.74) is 18.2. The van der Waals surface area contributed by atoms with Crippen LogP contribution >= 0.6 is 0 Å². The lowest BCUT2D eigenvalue weighted by Crippen LogP contribution is -2.26. The number of nitrogens with zero attached hydrogens (tertiary/aromatic N) is 5. The molecule has 1 aliphatic carbocycles. The third kappa shape index (κ3) is 6.83. The molecule has 11 aromatic rings. The molecule has 2 aromatic heterocycles. The van der Waals surface area contributed by atoms with Gasteiger partial charge in [-0.1, -0.05) is 206 Å². The number of anilines is 2. The normalized spacial score (nSPS) is 14.7. The summed E-state index contributed by atoms with van der Waals surface area (Å²) in [6, 6.07) is 84.1. The second-order valence-corrected chi connectivity index (χ2v) is 17.6. The smallest absolute Gasteiger partial charge is 0.238 e. The molecule has 0 N–H and O–H groups in total. The summed E-state index contributed by atoms with van der Waals surface area (Å²) < 4.78 is 2.32. The van der Waals surface area contributed by atoms with Crippen LogP contribution in [-0.4, -0.2) is 19.5 Å². The number of aromatic nitrogens is 4. The van der Waals surface area contributed by atoms with Crippen LogP contribution in [0.1, 0.15) is 28.8 Å². The minimum Gasteiger partial charge on any atom is -0.331 e. The van der Waals surface area contributed by atoms with E-state index in [1.165, 1.54) is 44.6 Å². The Hall–Kier alpha value is -8.93. The zero-order valence-corrected chi connectivity index (χ0v) is 37.1. The van der Waals surface area contributed by atoms with Gasteiger partial charge in [0.25, 0.3) is 0 Å². The topological polar surface area (TPSA) is 46.8 Å². The SMILES string of the molecule is C1=CC2c3ccccc3N(c3ccc(-c4ccccc4)cc3)C2c2c1c1ccccc1n2-c1nc(-c2ccccc2)nc(-c2cccc(-c3cccc(-c4cccc(-c5ccccc5)c4)c3)c2)n1. The molecule has 0 saturated carbocycles. The molecule has 0 saturated heterocycles. The van der Waals surface area contributed by atoms with Crippen molar-refractivity contribution in [2.75, 3.05) is 4.90 Å². The van der Waals surface area contributed by atoms with Crippen molar-refractivity contribution in [3.63, 3.8) is 0 Å². The van der Waals surface area contributed by atoms with E-state index in [9.17, 15) is 0 Å². The van der Waals surface area contributed by atoms with Crippen molar-refractivity contribution in [2.45, 2.75) is 12.0 Å². The van der Waals surface area contributed by atoms with Crippen LogP contribution in [0.3, 0.4) is 0 Å². The third-order valence-corrected chi connectivity index (χ3v) is 13.6. The molecule has 3 heterocycles. The Morgan fingerprint density at radius 2 is 0.838 bits per heavy atom. The Morgan fingerprint density at radius 3 is 1.49 bits per heavy atom. The summed E-state index contributed by atoms with van der Waals surface area (Å²) in [5, 5.41) is 1.16. The van der Waals surface area contributed by atoms with Gasteiger partial charge in [-0.2, -0.15) is 9.97 Å². The van der Waals surface area contributed by atoms with Gasteiger partial charge in [-0.25, -0.2) is 4.98 Å². The van der Waals surface area contributed by atoms with Crippen LogP contribution in [0, 0.1) is 0 Å². The number of benzene rings is 9. The van der Waals surface area contributed by atoms with Gasteiger partial charge in [0.15, 0.2) is 11.6 Å². The Morgan fingerprint density at radius 1 is 0.368 bits per heavy atom. The minimum atomic E-state index is -0.0771. The first-order valence-electron chi connectivity index (χ1n) is 23.3. The molecule has 1 aliphatic heterocycles. The summed E-state index contributed by atoms with van der Waals surface area (Å²) in [6.45, 7) is 0. The molecule has 2 aliphatic rings. The summed E-state index contributed by atoms with van der Waals surface area (Å²) >= 11 is 0. The van der Waals surface area contributed by atoms with Gasteiger partial charge in [0, 0.05) is 39.4 Å².